The minimum atomic E-state index is -2.88. The number of alkyl halides is 2. The van der Waals surface area contributed by atoms with Gasteiger partial charge in [0.05, 0.1) is 11.7 Å². The fourth-order valence-electron chi connectivity index (χ4n) is 0.956. The van der Waals surface area contributed by atoms with Crippen molar-refractivity contribution < 1.29 is 8.78 Å². The number of rotatable bonds is 3. The lowest BCUT2D eigenvalue weighted by Crippen LogP contribution is -2.40. The van der Waals surface area contributed by atoms with Gasteiger partial charge in [0.15, 0.2) is 0 Å². The Labute approximate surface area is 89.6 Å². The minimum absolute atomic E-state index is 0.0604. The van der Waals surface area contributed by atoms with E-state index in [0.717, 1.165) is 6.92 Å². The summed E-state index contributed by atoms with van der Waals surface area (Å²) in [5.74, 6) is -2.88. The van der Waals surface area contributed by atoms with E-state index < -0.39 is 12.0 Å². The molecule has 1 heterocycles. The fourth-order valence-corrected chi connectivity index (χ4v) is 1.37. The zero-order valence-electron chi connectivity index (χ0n) is 7.67. The minimum Gasteiger partial charge on any atom is -0.322 e. The average molecular weight is 265 g/mol. The van der Waals surface area contributed by atoms with Crippen LogP contribution in [0.4, 0.5) is 8.78 Å². The van der Waals surface area contributed by atoms with Crippen LogP contribution in [0.15, 0.2) is 22.8 Å². The van der Waals surface area contributed by atoms with Crippen molar-refractivity contribution in [2.24, 2.45) is 5.73 Å². The zero-order valence-corrected chi connectivity index (χ0v) is 9.26. The van der Waals surface area contributed by atoms with E-state index in [2.05, 4.69) is 20.9 Å². The van der Waals surface area contributed by atoms with Gasteiger partial charge in [-0.15, -0.1) is 0 Å². The first-order chi connectivity index (χ1) is 6.41. The number of aromatic nitrogens is 1. The summed E-state index contributed by atoms with van der Waals surface area (Å²) in [4.78, 5) is 3.97. The van der Waals surface area contributed by atoms with E-state index in [-0.39, 0.29) is 6.42 Å². The Morgan fingerprint density at radius 3 is 2.79 bits per heavy atom. The van der Waals surface area contributed by atoms with Gasteiger partial charge in [-0.3, -0.25) is 4.98 Å². The van der Waals surface area contributed by atoms with Crippen LogP contribution in [-0.4, -0.2) is 16.9 Å². The first kappa shape index (κ1) is 11.5. The highest BCUT2D eigenvalue weighted by Crippen LogP contribution is 2.21. The number of halogens is 3. The largest absolute Gasteiger partial charge is 0.322 e. The Kier molecular flexibility index (Phi) is 3.55. The van der Waals surface area contributed by atoms with Gasteiger partial charge in [-0.05, 0) is 28.1 Å². The summed E-state index contributed by atoms with van der Waals surface area (Å²) in [7, 11) is 0. The van der Waals surface area contributed by atoms with E-state index in [0.29, 0.717) is 10.2 Å². The van der Waals surface area contributed by atoms with Crippen LogP contribution in [0.2, 0.25) is 0 Å². The summed E-state index contributed by atoms with van der Waals surface area (Å²) in [5, 5.41) is 0. The summed E-state index contributed by atoms with van der Waals surface area (Å²) < 4.78 is 26.2. The van der Waals surface area contributed by atoms with Crippen molar-refractivity contribution in [3.63, 3.8) is 0 Å². The van der Waals surface area contributed by atoms with Gasteiger partial charge in [0.25, 0.3) is 5.92 Å². The van der Waals surface area contributed by atoms with E-state index in [4.69, 9.17) is 5.73 Å². The van der Waals surface area contributed by atoms with Crippen molar-refractivity contribution in [1.29, 1.82) is 0 Å². The normalized spacial score (nSPS) is 14.1. The van der Waals surface area contributed by atoms with E-state index in [1.807, 2.05) is 0 Å². The number of nitrogens with zero attached hydrogens (tertiary/aromatic N) is 1. The summed E-state index contributed by atoms with van der Waals surface area (Å²) in [6, 6.07) is 2.28. The first-order valence-electron chi connectivity index (χ1n) is 4.14. The van der Waals surface area contributed by atoms with Gasteiger partial charge < -0.3 is 5.73 Å². The Morgan fingerprint density at radius 2 is 2.29 bits per heavy atom. The van der Waals surface area contributed by atoms with Crippen molar-refractivity contribution in [2.45, 2.75) is 25.3 Å². The van der Waals surface area contributed by atoms with E-state index >= 15 is 0 Å². The number of nitrogens with two attached hydrogens (primary N) is 1. The molecule has 14 heavy (non-hydrogen) atoms. The molecule has 1 rings (SSSR count). The SMILES string of the molecule is CC(F)(F)C(N)Cc1ncccc1Br. The molecule has 0 radical (unpaired) electrons. The van der Waals surface area contributed by atoms with Gasteiger partial charge in [0.1, 0.15) is 0 Å². The molecule has 5 heteroatoms. The summed E-state index contributed by atoms with van der Waals surface area (Å²) >= 11 is 3.23. The molecular weight excluding hydrogens is 254 g/mol. The van der Waals surface area contributed by atoms with Crippen molar-refractivity contribution in [3.8, 4) is 0 Å². The third kappa shape index (κ3) is 2.99. The molecule has 0 bridgehead atoms. The predicted molar refractivity (Wildman–Crippen MR) is 54.2 cm³/mol. The molecule has 0 aromatic carbocycles. The second-order valence-electron chi connectivity index (χ2n) is 3.20. The number of hydrogen-bond donors (Lipinski definition) is 1. The molecule has 0 saturated heterocycles. The molecule has 2 N–H and O–H groups in total. The number of hydrogen-bond acceptors (Lipinski definition) is 2. The second-order valence-corrected chi connectivity index (χ2v) is 4.05. The van der Waals surface area contributed by atoms with E-state index in [9.17, 15) is 8.78 Å². The van der Waals surface area contributed by atoms with Gasteiger partial charge >= 0.3 is 0 Å². The summed E-state index contributed by atoms with van der Waals surface area (Å²) in [6.45, 7) is 0.814. The highest BCUT2D eigenvalue weighted by atomic mass is 79.9. The lowest BCUT2D eigenvalue weighted by molar-refractivity contribution is -0.00545. The average Bonchev–Trinajstić information content (AvgIpc) is 2.07. The molecule has 0 aliphatic carbocycles. The lowest BCUT2D eigenvalue weighted by Gasteiger charge is -2.18. The van der Waals surface area contributed by atoms with Crippen LogP contribution in [0.3, 0.4) is 0 Å². The van der Waals surface area contributed by atoms with Crippen LogP contribution in [0.1, 0.15) is 12.6 Å². The van der Waals surface area contributed by atoms with Crippen LogP contribution in [0.5, 0.6) is 0 Å². The molecule has 0 saturated carbocycles. The molecular formula is C9H11BrF2N2. The van der Waals surface area contributed by atoms with Gasteiger partial charge in [-0.1, -0.05) is 0 Å². The van der Waals surface area contributed by atoms with Crippen molar-refractivity contribution in [3.05, 3.63) is 28.5 Å². The molecule has 0 amide bonds. The van der Waals surface area contributed by atoms with E-state index in [1.54, 1.807) is 18.3 Å². The van der Waals surface area contributed by atoms with Gasteiger partial charge in [-0.25, -0.2) is 8.78 Å². The maximum atomic E-state index is 12.8. The molecule has 1 atom stereocenters. The first-order valence-corrected chi connectivity index (χ1v) is 4.93. The molecule has 1 aromatic rings. The van der Waals surface area contributed by atoms with E-state index in [1.165, 1.54) is 0 Å². The second kappa shape index (κ2) is 4.31. The third-order valence-electron chi connectivity index (χ3n) is 1.90. The van der Waals surface area contributed by atoms with Crippen molar-refractivity contribution in [2.75, 3.05) is 0 Å². The lowest BCUT2D eigenvalue weighted by atomic mass is 10.1. The molecule has 0 fully saturated rings. The standard InChI is InChI=1S/C9H11BrF2N2/c1-9(11,12)8(13)5-7-6(10)3-2-4-14-7/h2-4,8H,5,13H2,1H3. The molecule has 0 aliphatic rings. The quantitative estimate of drug-likeness (QED) is 0.911. The van der Waals surface area contributed by atoms with Crippen molar-refractivity contribution >= 4 is 15.9 Å². The molecule has 2 nitrogen and oxygen atoms in total. The molecule has 1 aromatic heterocycles. The van der Waals surface area contributed by atoms with Gasteiger partial charge in [-0.2, -0.15) is 0 Å². The Morgan fingerprint density at radius 1 is 1.64 bits per heavy atom. The fraction of sp³-hybridized carbons (Fsp3) is 0.444. The molecule has 0 spiro atoms. The van der Waals surface area contributed by atoms with Gasteiger partial charge in [0.2, 0.25) is 0 Å². The summed E-state index contributed by atoms with van der Waals surface area (Å²) in [6.07, 6.45) is 1.62. The maximum absolute atomic E-state index is 12.8. The highest BCUT2D eigenvalue weighted by Gasteiger charge is 2.31. The molecule has 0 aliphatic heterocycles. The van der Waals surface area contributed by atoms with Crippen molar-refractivity contribution in [1.82, 2.24) is 4.98 Å². The third-order valence-corrected chi connectivity index (χ3v) is 2.62. The van der Waals surface area contributed by atoms with Gasteiger partial charge in [0, 0.05) is 24.0 Å². The van der Waals surface area contributed by atoms with Crippen LogP contribution in [0, 0.1) is 0 Å². The molecule has 1 unspecified atom stereocenters. The topological polar surface area (TPSA) is 38.9 Å². The number of pyridine rings is 1. The van der Waals surface area contributed by atoms with Crippen LogP contribution >= 0.6 is 15.9 Å². The predicted octanol–water partition coefficient (Wildman–Crippen LogP) is 2.37. The van der Waals surface area contributed by atoms with Crippen LogP contribution < -0.4 is 5.73 Å². The summed E-state index contributed by atoms with van der Waals surface area (Å²) in [5.41, 5.74) is 5.90. The zero-order chi connectivity index (χ0) is 10.8. The smallest absolute Gasteiger partial charge is 0.260 e. The van der Waals surface area contributed by atoms with Crippen LogP contribution in [0.25, 0.3) is 0 Å². The highest BCUT2D eigenvalue weighted by molar-refractivity contribution is 9.10. The Hall–Kier alpha value is -0.550. The monoisotopic (exact) mass is 264 g/mol. The molecule has 78 valence electrons. The van der Waals surface area contributed by atoms with Crippen LogP contribution in [-0.2, 0) is 6.42 Å². The maximum Gasteiger partial charge on any atom is 0.260 e. The Bertz CT molecular complexity index is 312. The Balaban J connectivity index is 2.75.